The van der Waals surface area contributed by atoms with Crippen LogP contribution in [0.25, 0.3) is 10.9 Å². The molecular formula is C12H10BrFN2O2. The van der Waals surface area contributed by atoms with Gasteiger partial charge in [0.25, 0.3) is 0 Å². The van der Waals surface area contributed by atoms with Crippen molar-refractivity contribution in [2.24, 2.45) is 0 Å². The summed E-state index contributed by atoms with van der Waals surface area (Å²) in [4.78, 5) is 15.7. The Bertz CT molecular complexity index is 631. The maximum absolute atomic E-state index is 13.4. The molecule has 1 heterocycles. The SMILES string of the molecule is CCOC(=O)c1nc2cc(Br)c(F)cc2cc1N. The van der Waals surface area contributed by atoms with Crippen molar-refractivity contribution in [2.45, 2.75) is 6.92 Å². The number of carbonyl (C=O) groups excluding carboxylic acids is 1. The van der Waals surface area contributed by atoms with Crippen molar-refractivity contribution < 1.29 is 13.9 Å². The summed E-state index contributed by atoms with van der Waals surface area (Å²) in [6.45, 7) is 1.94. The van der Waals surface area contributed by atoms with Crippen LogP contribution >= 0.6 is 15.9 Å². The van der Waals surface area contributed by atoms with E-state index in [4.69, 9.17) is 10.5 Å². The zero-order valence-corrected chi connectivity index (χ0v) is 11.1. The summed E-state index contributed by atoms with van der Waals surface area (Å²) in [7, 11) is 0. The monoisotopic (exact) mass is 312 g/mol. The maximum Gasteiger partial charge on any atom is 0.359 e. The van der Waals surface area contributed by atoms with Gasteiger partial charge in [-0.1, -0.05) is 0 Å². The van der Waals surface area contributed by atoms with Gasteiger partial charge in [-0.05, 0) is 41.1 Å². The van der Waals surface area contributed by atoms with Gasteiger partial charge in [-0.3, -0.25) is 0 Å². The van der Waals surface area contributed by atoms with Gasteiger partial charge in [-0.2, -0.15) is 0 Å². The molecule has 0 atom stereocenters. The van der Waals surface area contributed by atoms with Crippen LogP contribution in [0.2, 0.25) is 0 Å². The standard InChI is InChI=1S/C12H10BrFN2O2/c1-2-18-12(17)11-9(15)4-6-3-8(14)7(13)5-10(6)16-11/h3-5H,2,15H2,1H3. The van der Waals surface area contributed by atoms with Gasteiger partial charge in [-0.25, -0.2) is 14.2 Å². The molecule has 0 saturated carbocycles. The average molecular weight is 313 g/mol. The van der Waals surface area contributed by atoms with Gasteiger partial charge >= 0.3 is 5.97 Å². The van der Waals surface area contributed by atoms with Crippen molar-refractivity contribution in [1.29, 1.82) is 0 Å². The van der Waals surface area contributed by atoms with Crippen LogP contribution < -0.4 is 5.73 Å². The summed E-state index contributed by atoms with van der Waals surface area (Å²) >= 11 is 3.06. The van der Waals surface area contributed by atoms with Crippen LogP contribution in [0.1, 0.15) is 17.4 Å². The topological polar surface area (TPSA) is 65.2 Å². The molecule has 0 aliphatic heterocycles. The van der Waals surface area contributed by atoms with Crippen LogP contribution in [0.15, 0.2) is 22.7 Å². The van der Waals surface area contributed by atoms with E-state index in [1.54, 1.807) is 6.92 Å². The number of esters is 1. The number of aromatic nitrogens is 1. The number of nitrogens with zero attached hydrogens (tertiary/aromatic N) is 1. The summed E-state index contributed by atoms with van der Waals surface area (Å²) in [5, 5.41) is 0.529. The summed E-state index contributed by atoms with van der Waals surface area (Å²) < 4.78 is 18.5. The summed E-state index contributed by atoms with van der Waals surface area (Å²) in [6.07, 6.45) is 0. The molecule has 2 rings (SSSR count). The Labute approximate surface area is 111 Å². The van der Waals surface area contributed by atoms with E-state index in [-0.39, 0.29) is 22.5 Å². The number of anilines is 1. The van der Waals surface area contributed by atoms with E-state index >= 15 is 0 Å². The summed E-state index contributed by atoms with van der Waals surface area (Å²) in [6, 6.07) is 4.30. The normalized spacial score (nSPS) is 10.6. The van der Waals surface area contributed by atoms with Crippen LogP contribution in [0.4, 0.5) is 10.1 Å². The van der Waals surface area contributed by atoms with Gasteiger partial charge in [0.1, 0.15) is 5.82 Å². The van der Waals surface area contributed by atoms with Crippen LogP contribution in [0, 0.1) is 5.82 Å². The minimum atomic E-state index is -0.586. The van der Waals surface area contributed by atoms with E-state index in [9.17, 15) is 9.18 Å². The van der Waals surface area contributed by atoms with E-state index in [1.807, 2.05) is 0 Å². The molecule has 4 nitrogen and oxygen atoms in total. The van der Waals surface area contributed by atoms with E-state index in [0.29, 0.717) is 10.9 Å². The Balaban J connectivity index is 2.61. The lowest BCUT2D eigenvalue weighted by Crippen LogP contribution is -2.10. The predicted molar refractivity (Wildman–Crippen MR) is 69.8 cm³/mol. The number of rotatable bonds is 2. The Morgan fingerprint density at radius 1 is 1.50 bits per heavy atom. The first-order valence-electron chi connectivity index (χ1n) is 5.25. The Morgan fingerprint density at radius 3 is 2.89 bits per heavy atom. The second kappa shape index (κ2) is 4.89. The lowest BCUT2D eigenvalue weighted by atomic mass is 10.1. The molecule has 18 heavy (non-hydrogen) atoms. The highest BCUT2D eigenvalue weighted by molar-refractivity contribution is 9.10. The molecule has 2 aromatic rings. The first-order chi connectivity index (χ1) is 8.52. The molecule has 1 aromatic carbocycles. The van der Waals surface area contributed by atoms with Gasteiger partial charge in [0.15, 0.2) is 5.69 Å². The quantitative estimate of drug-likeness (QED) is 0.866. The van der Waals surface area contributed by atoms with Gasteiger partial charge in [-0.15, -0.1) is 0 Å². The van der Waals surface area contributed by atoms with Crippen LogP contribution in [-0.2, 0) is 4.74 Å². The molecule has 0 amide bonds. The third-order valence-electron chi connectivity index (χ3n) is 2.36. The number of halogens is 2. The molecule has 0 saturated heterocycles. The van der Waals surface area contributed by atoms with Crippen molar-refractivity contribution in [3.8, 4) is 0 Å². The number of fused-ring (bicyclic) bond motifs is 1. The molecule has 94 valence electrons. The van der Waals surface area contributed by atoms with Crippen molar-refractivity contribution in [3.05, 3.63) is 34.2 Å². The molecular weight excluding hydrogens is 303 g/mol. The first kappa shape index (κ1) is 12.8. The fourth-order valence-corrected chi connectivity index (χ4v) is 1.88. The molecule has 6 heteroatoms. The van der Waals surface area contributed by atoms with E-state index in [1.165, 1.54) is 18.2 Å². The summed E-state index contributed by atoms with van der Waals surface area (Å²) in [5.41, 5.74) is 6.39. The number of benzene rings is 1. The van der Waals surface area contributed by atoms with Gasteiger partial charge in [0.2, 0.25) is 0 Å². The zero-order valence-electron chi connectivity index (χ0n) is 9.54. The van der Waals surface area contributed by atoms with E-state index in [2.05, 4.69) is 20.9 Å². The second-order valence-corrected chi connectivity index (χ2v) is 4.46. The fraction of sp³-hybridized carbons (Fsp3) is 0.167. The third-order valence-corrected chi connectivity index (χ3v) is 2.96. The van der Waals surface area contributed by atoms with Crippen LogP contribution in [0.5, 0.6) is 0 Å². The molecule has 1 aromatic heterocycles. The van der Waals surface area contributed by atoms with Crippen molar-refractivity contribution in [1.82, 2.24) is 4.98 Å². The predicted octanol–water partition coefficient (Wildman–Crippen LogP) is 2.90. The first-order valence-corrected chi connectivity index (χ1v) is 6.04. The summed E-state index contributed by atoms with van der Waals surface area (Å²) in [5.74, 6) is -0.995. The highest BCUT2D eigenvalue weighted by atomic mass is 79.9. The minimum Gasteiger partial charge on any atom is -0.461 e. The van der Waals surface area contributed by atoms with Crippen LogP contribution in [-0.4, -0.2) is 17.6 Å². The molecule has 2 N–H and O–H groups in total. The molecule has 0 aliphatic rings. The molecule has 0 aliphatic carbocycles. The van der Waals surface area contributed by atoms with Gasteiger partial charge in [0.05, 0.1) is 22.3 Å². The van der Waals surface area contributed by atoms with E-state index < -0.39 is 11.8 Å². The molecule has 0 bridgehead atoms. The van der Waals surface area contributed by atoms with E-state index in [0.717, 1.165) is 0 Å². The number of nitrogens with two attached hydrogens (primary N) is 1. The molecule has 0 radical (unpaired) electrons. The average Bonchev–Trinajstić information content (AvgIpc) is 2.31. The van der Waals surface area contributed by atoms with Crippen molar-refractivity contribution in [2.75, 3.05) is 12.3 Å². The third kappa shape index (κ3) is 2.28. The largest absolute Gasteiger partial charge is 0.461 e. The number of hydrogen-bond donors (Lipinski definition) is 1. The zero-order chi connectivity index (χ0) is 13.3. The van der Waals surface area contributed by atoms with Gasteiger partial charge in [0, 0.05) is 5.39 Å². The highest BCUT2D eigenvalue weighted by Crippen LogP contribution is 2.25. The number of carbonyl (C=O) groups is 1. The molecule has 0 fully saturated rings. The Kier molecular flexibility index (Phi) is 3.47. The smallest absolute Gasteiger partial charge is 0.359 e. The number of ether oxygens (including phenoxy) is 1. The minimum absolute atomic E-state index is 0.0443. The lowest BCUT2D eigenvalue weighted by molar-refractivity contribution is 0.0521. The fourth-order valence-electron chi connectivity index (χ4n) is 1.55. The number of hydrogen-bond acceptors (Lipinski definition) is 4. The molecule has 0 spiro atoms. The van der Waals surface area contributed by atoms with Gasteiger partial charge < -0.3 is 10.5 Å². The molecule has 0 unspecified atom stereocenters. The maximum atomic E-state index is 13.4. The van der Waals surface area contributed by atoms with Crippen LogP contribution in [0.3, 0.4) is 0 Å². The Hall–Kier alpha value is -1.69. The van der Waals surface area contributed by atoms with Crippen molar-refractivity contribution >= 4 is 38.5 Å². The second-order valence-electron chi connectivity index (χ2n) is 3.61. The Morgan fingerprint density at radius 2 is 2.22 bits per heavy atom. The van der Waals surface area contributed by atoms with Crippen molar-refractivity contribution in [3.63, 3.8) is 0 Å². The number of pyridine rings is 1. The highest BCUT2D eigenvalue weighted by Gasteiger charge is 2.15. The number of nitrogen functional groups attached to an aromatic ring is 1. The lowest BCUT2D eigenvalue weighted by Gasteiger charge is -2.07.